The van der Waals surface area contributed by atoms with E-state index in [2.05, 4.69) is 6.92 Å². The number of phenolic OH excluding ortho intramolecular Hbond substituents is 1. The van der Waals surface area contributed by atoms with Gasteiger partial charge in [-0.2, -0.15) is 0 Å². The van der Waals surface area contributed by atoms with Crippen LogP contribution in [0.3, 0.4) is 0 Å². The van der Waals surface area contributed by atoms with Crippen molar-refractivity contribution >= 4 is 5.97 Å². The number of aromatic hydroxyl groups is 1. The molecule has 4 N–H and O–H groups in total. The van der Waals surface area contributed by atoms with E-state index in [0.29, 0.717) is 24.0 Å². The SMILES string of the molecule is CC1=CC=CC=CC=CC[C@H](O)C(C)=CC=C[C@H](C)CCC(CC(O)[C@H](C)[C@@H](O)c2cccc(O)c2)OC1=O. The smallest absolute Gasteiger partial charge is 0.333 e. The lowest BCUT2D eigenvalue weighted by Crippen LogP contribution is -2.31. The van der Waals surface area contributed by atoms with Gasteiger partial charge in [-0.25, -0.2) is 4.79 Å². The molecule has 1 aromatic rings. The van der Waals surface area contributed by atoms with Gasteiger partial charge in [0.2, 0.25) is 0 Å². The molecular formula is C33H44O6. The average molecular weight is 537 g/mol. The Kier molecular flexibility index (Phi) is 13.7. The predicted molar refractivity (Wildman–Crippen MR) is 156 cm³/mol. The fourth-order valence-electron chi connectivity index (χ4n) is 4.16. The fourth-order valence-corrected chi connectivity index (χ4v) is 4.16. The number of ether oxygens (including phenoxy) is 1. The highest BCUT2D eigenvalue weighted by molar-refractivity contribution is 5.88. The Hall–Kier alpha value is -3.19. The Bertz CT molecular complexity index is 1090. The van der Waals surface area contributed by atoms with E-state index in [1.165, 1.54) is 12.1 Å². The lowest BCUT2D eigenvalue weighted by atomic mass is 9.88. The Morgan fingerprint density at radius 3 is 2.46 bits per heavy atom. The lowest BCUT2D eigenvalue weighted by molar-refractivity contribution is -0.146. The number of carbonyl (C=O) groups is 1. The van der Waals surface area contributed by atoms with Gasteiger partial charge in [-0.15, -0.1) is 0 Å². The maximum atomic E-state index is 12.8. The van der Waals surface area contributed by atoms with Gasteiger partial charge in [-0.3, -0.25) is 0 Å². The van der Waals surface area contributed by atoms with Gasteiger partial charge < -0.3 is 25.2 Å². The molecule has 1 aliphatic heterocycles. The standard InChI is InChI=1S/C33H44O6/c1-23-13-11-15-24(2)30(35)18-10-8-6-5-7-9-14-25(3)33(38)39-29(20-19-23)22-31(36)26(4)32(37)27-16-12-17-28(34)21-27/h5-17,21,23,26,29-32,34-37H,18-20,22H2,1-4H3/t23-,26-,29?,30-,31?,32+/m0/s1. The van der Waals surface area contributed by atoms with Crippen molar-refractivity contribution in [1.29, 1.82) is 0 Å². The van der Waals surface area contributed by atoms with E-state index in [9.17, 15) is 25.2 Å². The summed E-state index contributed by atoms with van der Waals surface area (Å²) in [5.74, 6) is -0.784. The van der Waals surface area contributed by atoms with Crippen molar-refractivity contribution in [2.45, 2.75) is 77.8 Å². The Labute approximate surface area is 233 Å². The average Bonchev–Trinajstić information content (AvgIpc) is 2.91. The lowest BCUT2D eigenvalue weighted by Gasteiger charge is -2.28. The van der Waals surface area contributed by atoms with E-state index >= 15 is 0 Å². The van der Waals surface area contributed by atoms with Gasteiger partial charge in [0.05, 0.1) is 18.3 Å². The molecule has 0 fully saturated rings. The molecule has 212 valence electrons. The largest absolute Gasteiger partial charge is 0.508 e. The number of allylic oxidation sites excluding steroid dienone is 9. The third-order valence-corrected chi connectivity index (χ3v) is 6.97. The fraction of sp³-hybridized carbons (Fsp3) is 0.424. The van der Waals surface area contributed by atoms with Crippen LogP contribution in [0.15, 0.2) is 96.2 Å². The van der Waals surface area contributed by atoms with Crippen molar-refractivity contribution in [3.05, 3.63) is 102 Å². The summed E-state index contributed by atoms with van der Waals surface area (Å²) in [7, 11) is 0. The topological polar surface area (TPSA) is 107 Å². The highest BCUT2D eigenvalue weighted by Gasteiger charge is 2.28. The van der Waals surface area contributed by atoms with E-state index in [1.54, 1.807) is 44.2 Å². The van der Waals surface area contributed by atoms with Gasteiger partial charge >= 0.3 is 5.97 Å². The van der Waals surface area contributed by atoms with Crippen LogP contribution in [-0.4, -0.2) is 44.7 Å². The number of hydrogen-bond donors (Lipinski definition) is 4. The molecule has 0 spiro atoms. The predicted octanol–water partition coefficient (Wildman–Crippen LogP) is 6.02. The maximum Gasteiger partial charge on any atom is 0.333 e. The molecule has 1 aromatic carbocycles. The van der Waals surface area contributed by atoms with E-state index in [-0.39, 0.29) is 18.1 Å². The number of carbonyl (C=O) groups excluding carboxylic acids is 1. The zero-order valence-corrected chi connectivity index (χ0v) is 23.5. The number of cyclic esters (lactones) is 1. The normalized spacial score (nSPS) is 24.3. The molecule has 1 heterocycles. The molecule has 0 radical (unpaired) electrons. The summed E-state index contributed by atoms with van der Waals surface area (Å²) in [5.41, 5.74) is 1.82. The van der Waals surface area contributed by atoms with Crippen LogP contribution < -0.4 is 0 Å². The summed E-state index contributed by atoms with van der Waals surface area (Å²) in [4.78, 5) is 12.8. The van der Waals surface area contributed by atoms with Crippen LogP contribution in [0.4, 0.5) is 0 Å². The van der Waals surface area contributed by atoms with Crippen LogP contribution in [0.5, 0.6) is 5.75 Å². The first-order valence-electron chi connectivity index (χ1n) is 13.6. The molecule has 6 heteroatoms. The number of rotatable bonds is 5. The minimum Gasteiger partial charge on any atom is -0.508 e. The summed E-state index contributed by atoms with van der Waals surface area (Å²) < 4.78 is 5.83. The molecule has 1 aliphatic rings. The van der Waals surface area contributed by atoms with E-state index in [1.807, 2.05) is 49.5 Å². The molecule has 0 bridgehead atoms. The number of aliphatic hydroxyl groups excluding tert-OH is 3. The molecule has 0 saturated carbocycles. The summed E-state index contributed by atoms with van der Waals surface area (Å²) in [6, 6.07) is 6.34. The highest BCUT2D eigenvalue weighted by Crippen LogP contribution is 2.29. The molecule has 2 unspecified atom stereocenters. The quantitative estimate of drug-likeness (QED) is 0.343. The number of esters is 1. The van der Waals surface area contributed by atoms with E-state index in [0.717, 1.165) is 12.0 Å². The molecular weight excluding hydrogens is 492 g/mol. The molecule has 0 aromatic heterocycles. The minimum atomic E-state index is -0.989. The third kappa shape index (κ3) is 11.6. The number of benzene rings is 1. The Balaban J connectivity index is 2.21. The highest BCUT2D eigenvalue weighted by atomic mass is 16.5. The maximum absolute atomic E-state index is 12.8. The summed E-state index contributed by atoms with van der Waals surface area (Å²) in [6.07, 6.45) is 17.5. The number of hydrogen-bond acceptors (Lipinski definition) is 6. The van der Waals surface area contributed by atoms with Crippen LogP contribution in [0.1, 0.15) is 65.0 Å². The molecule has 6 atom stereocenters. The van der Waals surface area contributed by atoms with Gasteiger partial charge in [0.15, 0.2) is 0 Å². The first kappa shape index (κ1) is 32.0. The van der Waals surface area contributed by atoms with Crippen LogP contribution >= 0.6 is 0 Å². The second-order valence-corrected chi connectivity index (χ2v) is 10.4. The van der Waals surface area contributed by atoms with Gasteiger partial charge in [-0.1, -0.05) is 86.7 Å². The molecule has 0 saturated heterocycles. The van der Waals surface area contributed by atoms with Crippen LogP contribution in [0.2, 0.25) is 0 Å². The molecule has 0 amide bonds. The van der Waals surface area contributed by atoms with Crippen molar-refractivity contribution in [2.75, 3.05) is 0 Å². The monoisotopic (exact) mass is 536 g/mol. The van der Waals surface area contributed by atoms with Gasteiger partial charge in [-0.05, 0) is 62.3 Å². The van der Waals surface area contributed by atoms with Gasteiger partial charge in [0.25, 0.3) is 0 Å². The third-order valence-electron chi connectivity index (χ3n) is 6.97. The minimum absolute atomic E-state index is 0.0436. The molecule has 0 aliphatic carbocycles. The van der Waals surface area contributed by atoms with E-state index in [4.69, 9.17) is 4.74 Å². The second kappa shape index (κ2) is 16.7. The summed E-state index contributed by atoms with van der Waals surface area (Å²) in [5, 5.41) is 41.9. The Morgan fingerprint density at radius 2 is 1.72 bits per heavy atom. The number of phenols is 1. The van der Waals surface area contributed by atoms with Crippen molar-refractivity contribution < 1.29 is 30.0 Å². The van der Waals surface area contributed by atoms with Crippen LogP contribution in [0, 0.1) is 11.8 Å². The molecule has 39 heavy (non-hydrogen) atoms. The van der Waals surface area contributed by atoms with Crippen LogP contribution in [-0.2, 0) is 9.53 Å². The number of aliphatic hydroxyl groups is 3. The Morgan fingerprint density at radius 1 is 1.00 bits per heavy atom. The zero-order chi connectivity index (χ0) is 28.8. The summed E-state index contributed by atoms with van der Waals surface area (Å²) >= 11 is 0. The molecule has 6 nitrogen and oxygen atoms in total. The van der Waals surface area contributed by atoms with Gasteiger partial charge in [0.1, 0.15) is 11.9 Å². The summed E-state index contributed by atoms with van der Waals surface area (Å²) in [6.45, 7) is 7.39. The second-order valence-electron chi connectivity index (χ2n) is 10.4. The van der Waals surface area contributed by atoms with Crippen molar-refractivity contribution in [2.24, 2.45) is 11.8 Å². The van der Waals surface area contributed by atoms with E-state index < -0.39 is 36.3 Å². The van der Waals surface area contributed by atoms with Crippen molar-refractivity contribution in [1.82, 2.24) is 0 Å². The van der Waals surface area contributed by atoms with Crippen molar-refractivity contribution in [3.8, 4) is 5.75 Å². The zero-order valence-electron chi connectivity index (χ0n) is 23.5. The van der Waals surface area contributed by atoms with Crippen molar-refractivity contribution in [3.63, 3.8) is 0 Å². The first-order chi connectivity index (χ1) is 18.6. The first-order valence-corrected chi connectivity index (χ1v) is 13.6. The molecule has 2 rings (SSSR count). The van der Waals surface area contributed by atoms with Gasteiger partial charge in [0, 0.05) is 17.9 Å². The van der Waals surface area contributed by atoms with Crippen LogP contribution in [0.25, 0.3) is 0 Å².